The summed E-state index contributed by atoms with van der Waals surface area (Å²) in [6.45, 7) is -0.250. The summed E-state index contributed by atoms with van der Waals surface area (Å²) in [5, 5.41) is 13.6. The minimum atomic E-state index is -0.756. The second-order valence-electron chi connectivity index (χ2n) is 6.38. The standard InChI is InChI=1S/C19H17FN8O2.CH2O2/c1-30-19(29)25-15-16(21)26-18(27-17(15)22)14-12-7-4-8-23-28(12)13(24-14)9-10-5-2-3-6-11(10)20;2-1-3/h2-8H,9H2,1H3,(H,25,29)(H4,21,22,26,27);1H,(H,2,3). The van der Waals surface area contributed by atoms with Gasteiger partial charge in [0.25, 0.3) is 6.47 Å². The van der Waals surface area contributed by atoms with E-state index < -0.39 is 6.09 Å². The van der Waals surface area contributed by atoms with Gasteiger partial charge in [-0.25, -0.2) is 28.7 Å². The second kappa shape index (κ2) is 10.00. The Morgan fingerprint density at radius 1 is 1.18 bits per heavy atom. The Morgan fingerprint density at radius 2 is 1.85 bits per heavy atom. The summed E-state index contributed by atoms with van der Waals surface area (Å²) in [6, 6.07) is 9.94. The fraction of sp³-hybridized carbons (Fsp3) is 0.100. The Labute approximate surface area is 186 Å². The van der Waals surface area contributed by atoms with Gasteiger partial charge in [0.1, 0.15) is 23.0 Å². The van der Waals surface area contributed by atoms with Gasteiger partial charge in [-0.2, -0.15) is 5.10 Å². The van der Waals surface area contributed by atoms with Crippen LogP contribution >= 0.6 is 0 Å². The highest BCUT2D eigenvalue weighted by Gasteiger charge is 2.20. The van der Waals surface area contributed by atoms with E-state index in [9.17, 15) is 9.18 Å². The number of imidazole rings is 1. The highest BCUT2D eigenvalue weighted by Crippen LogP contribution is 2.29. The van der Waals surface area contributed by atoms with E-state index in [1.54, 1.807) is 41.0 Å². The number of nitrogens with two attached hydrogens (primary N) is 2. The summed E-state index contributed by atoms with van der Waals surface area (Å²) >= 11 is 0. The second-order valence-corrected chi connectivity index (χ2v) is 6.38. The number of nitrogen functional groups attached to an aromatic ring is 2. The maximum absolute atomic E-state index is 14.1. The van der Waals surface area contributed by atoms with Gasteiger partial charge in [0.05, 0.1) is 12.6 Å². The van der Waals surface area contributed by atoms with Crippen LogP contribution in [0.1, 0.15) is 11.4 Å². The Morgan fingerprint density at radius 3 is 2.48 bits per heavy atom. The van der Waals surface area contributed by atoms with E-state index >= 15 is 0 Å². The Kier molecular flexibility index (Phi) is 6.93. The summed E-state index contributed by atoms with van der Waals surface area (Å²) in [5.74, 6) is 0.191. The zero-order chi connectivity index (χ0) is 24.0. The van der Waals surface area contributed by atoms with Gasteiger partial charge in [-0.1, -0.05) is 18.2 Å². The number of carboxylic acid groups (broad SMARTS) is 1. The molecule has 33 heavy (non-hydrogen) atoms. The molecule has 12 nitrogen and oxygen atoms in total. The lowest BCUT2D eigenvalue weighted by Gasteiger charge is -2.10. The van der Waals surface area contributed by atoms with Gasteiger partial charge >= 0.3 is 6.09 Å². The van der Waals surface area contributed by atoms with Crippen LogP contribution in [0.15, 0.2) is 42.6 Å². The SMILES string of the molecule is COC(=O)Nc1c(N)nc(-c2nc(Cc3ccccc3F)n3ncccc23)nc1N.O=CO. The average molecular weight is 454 g/mol. The number of methoxy groups -OCH3 is 1. The highest BCUT2D eigenvalue weighted by atomic mass is 19.1. The molecule has 0 saturated heterocycles. The van der Waals surface area contributed by atoms with Gasteiger partial charge in [-0.3, -0.25) is 10.1 Å². The van der Waals surface area contributed by atoms with Gasteiger partial charge in [-0.15, -0.1) is 0 Å². The van der Waals surface area contributed by atoms with Crippen molar-refractivity contribution in [1.29, 1.82) is 0 Å². The van der Waals surface area contributed by atoms with E-state index in [2.05, 4.69) is 30.1 Å². The molecule has 3 heterocycles. The first-order valence-corrected chi connectivity index (χ1v) is 9.31. The van der Waals surface area contributed by atoms with Gasteiger partial charge in [-0.05, 0) is 23.8 Å². The van der Waals surface area contributed by atoms with Crippen LogP contribution in [0.3, 0.4) is 0 Å². The quantitative estimate of drug-likeness (QED) is 0.332. The summed E-state index contributed by atoms with van der Waals surface area (Å²) in [6.07, 6.45) is 1.04. The van der Waals surface area contributed by atoms with E-state index in [0.29, 0.717) is 22.6 Å². The number of halogens is 1. The molecule has 0 unspecified atom stereocenters. The van der Waals surface area contributed by atoms with Crippen molar-refractivity contribution in [3.63, 3.8) is 0 Å². The van der Waals surface area contributed by atoms with Crippen molar-refractivity contribution >= 4 is 35.4 Å². The molecule has 1 amide bonds. The summed E-state index contributed by atoms with van der Waals surface area (Å²) in [7, 11) is 1.21. The molecule has 0 fully saturated rings. The molecule has 4 aromatic rings. The minimum absolute atomic E-state index is 0.0406. The van der Waals surface area contributed by atoms with Crippen molar-refractivity contribution in [2.75, 3.05) is 23.9 Å². The maximum Gasteiger partial charge on any atom is 0.411 e. The number of carbonyl (C=O) groups is 2. The molecule has 0 bridgehead atoms. The number of benzene rings is 1. The lowest BCUT2D eigenvalue weighted by atomic mass is 10.1. The summed E-state index contributed by atoms with van der Waals surface area (Å²) in [5.41, 5.74) is 13.4. The Balaban J connectivity index is 0.000000968. The molecular formula is C20H19FN8O4. The smallest absolute Gasteiger partial charge is 0.411 e. The third-order valence-electron chi connectivity index (χ3n) is 4.37. The largest absolute Gasteiger partial charge is 0.483 e. The number of nitrogens with one attached hydrogen (secondary N) is 1. The Bertz CT molecular complexity index is 1290. The first-order chi connectivity index (χ1) is 15.9. The van der Waals surface area contributed by atoms with Crippen molar-refractivity contribution in [3.05, 3.63) is 59.8 Å². The molecule has 6 N–H and O–H groups in total. The molecule has 13 heteroatoms. The van der Waals surface area contributed by atoms with Crippen LogP contribution in [0.25, 0.3) is 17.0 Å². The molecule has 0 aliphatic rings. The molecule has 0 aliphatic heterocycles. The number of carbonyl (C=O) groups excluding carboxylic acids is 1. The maximum atomic E-state index is 14.1. The van der Waals surface area contributed by atoms with E-state index in [0.717, 1.165) is 0 Å². The molecular weight excluding hydrogens is 435 g/mol. The number of ether oxygens (including phenoxy) is 1. The van der Waals surface area contributed by atoms with Crippen LogP contribution in [-0.4, -0.2) is 49.3 Å². The van der Waals surface area contributed by atoms with E-state index in [4.69, 9.17) is 21.4 Å². The monoisotopic (exact) mass is 454 g/mol. The molecule has 170 valence electrons. The normalized spacial score (nSPS) is 10.2. The first-order valence-electron chi connectivity index (χ1n) is 9.31. The van der Waals surface area contributed by atoms with Crippen LogP contribution in [0.5, 0.6) is 0 Å². The van der Waals surface area contributed by atoms with Gasteiger partial charge < -0.3 is 21.3 Å². The zero-order valence-electron chi connectivity index (χ0n) is 17.3. The molecule has 3 aromatic heterocycles. The number of aromatic nitrogens is 5. The molecule has 1 aromatic carbocycles. The van der Waals surface area contributed by atoms with E-state index in [1.807, 2.05) is 0 Å². The zero-order valence-corrected chi connectivity index (χ0v) is 17.3. The van der Waals surface area contributed by atoms with Crippen LogP contribution in [0.4, 0.5) is 26.5 Å². The third kappa shape index (κ3) is 4.92. The average Bonchev–Trinajstić information content (AvgIpc) is 3.16. The number of amides is 1. The number of nitrogens with zero attached hydrogens (tertiary/aromatic N) is 5. The van der Waals surface area contributed by atoms with Crippen molar-refractivity contribution in [2.24, 2.45) is 0 Å². The van der Waals surface area contributed by atoms with Crippen molar-refractivity contribution < 1.29 is 23.8 Å². The fourth-order valence-electron chi connectivity index (χ4n) is 2.97. The fourth-order valence-corrected chi connectivity index (χ4v) is 2.97. The topological polar surface area (TPSA) is 184 Å². The van der Waals surface area contributed by atoms with Crippen molar-refractivity contribution in [2.45, 2.75) is 6.42 Å². The molecule has 0 radical (unpaired) electrons. The van der Waals surface area contributed by atoms with Crippen LogP contribution in [-0.2, 0) is 16.0 Å². The first kappa shape index (κ1) is 22.9. The predicted molar refractivity (Wildman–Crippen MR) is 117 cm³/mol. The van der Waals surface area contributed by atoms with Crippen molar-refractivity contribution in [3.8, 4) is 11.5 Å². The third-order valence-corrected chi connectivity index (χ3v) is 4.37. The molecule has 0 aliphatic carbocycles. The van der Waals surface area contributed by atoms with Crippen molar-refractivity contribution in [1.82, 2.24) is 24.6 Å². The van der Waals surface area contributed by atoms with Crippen LogP contribution < -0.4 is 16.8 Å². The number of fused-ring (bicyclic) bond motifs is 1. The summed E-state index contributed by atoms with van der Waals surface area (Å²) < 4.78 is 20.2. The molecule has 0 saturated carbocycles. The number of rotatable bonds is 4. The number of hydrogen-bond acceptors (Lipinski definition) is 9. The predicted octanol–water partition coefficient (Wildman–Crippen LogP) is 1.96. The molecule has 0 atom stereocenters. The lowest BCUT2D eigenvalue weighted by molar-refractivity contribution is -0.122. The van der Waals surface area contributed by atoms with Gasteiger partial charge in [0.15, 0.2) is 17.5 Å². The molecule has 4 rings (SSSR count). The van der Waals surface area contributed by atoms with Crippen LogP contribution in [0, 0.1) is 5.82 Å². The van der Waals surface area contributed by atoms with E-state index in [-0.39, 0.29) is 41.9 Å². The van der Waals surface area contributed by atoms with E-state index in [1.165, 1.54) is 13.2 Å². The Hall–Kier alpha value is -4.81. The summed E-state index contributed by atoms with van der Waals surface area (Å²) in [4.78, 5) is 32.8. The van der Waals surface area contributed by atoms with Gasteiger partial charge in [0.2, 0.25) is 0 Å². The number of hydrogen-bond donors (Lipinski definition) is 4. The molecule has 0 spiro atoms. The lowest BCUT2D eigenvalue weighted by Crippen LogP contribution is -2.16. The highest BCUT2D eigenvalue weighted by molar-refractivity contribution is 5.93. The van der Waals surface area contributed by atoms with Crippen LogP contribution in [0.2, 0.25) is 0 Å². The number of anilines is 3. The minimum Gasteiger partial charge on any atom is -0.483 e. The van der Waals surface area contributed by atoms with Gasteiger partial charge in [0, 0.05) is 12.6 Å².